The van der Waals surface area contributed by atoms with E-state index in [1.807, 2.05) is 39.8 Å². The first-order chi connectivity index (χ1) is 10.9. The number of methoxy groups -OCH3 is 1. The summed E-state index contributed by atoms with van der Waals surface area (Å²) in [6.45, 7) is 8.70. The maximum atomic E-state index is 12.0. The van der Waals surface area contributed by atoms with Crippen LogP contribution < -0.4 is 15.4 Å². The molecule has 1 heterocycles. The van der Waals surface area contributed by atoms with Crippen LogP contribution >= 0.6 is 0 Å². The van der Waals surface area contributed by atoms with E-state index in [2.05, 4.69) is 20.7 Å². The van der Waals surface area contributed by atoms with E-state index in [-0.39, 0.29) is 6.03 Å². The number of carbonyl (C=O) groups excluding carboxylic acids is 1. The largest absolute Gasteiger partial charge is 0.496 e. The highest BCUT2D eigenvalue weighted by atomic mass is 16.5. The van der Waals surface area contributed by atoms with E-state index in [0.717, 1.165) is 34.2 Å². The first kappa shape index (κ1) is 16.8. The van der Waals surface area contributed by atoms with Gasteiger partial charge in [-0.15, -0.1) is 0 Å². The number of aryl methyl sites for hydroxylation is 4. The number of amides is 2. The Morgan fingerprint density at radius 3 is 2.39 bits per heavy atom. The minimum atomic E-state index is -0.247. The predicted molar refractivity (Wildman–Crippen MR) is 89.0 cm³/mol. The molecular formula is C16H23N5O2. The number of anilines is 1. The lowest BCUT2D eigenvalue weighted by atomic mass is 10.1. The molecule has 0 atom stereocenters. The third kappa shape index (κ3) is 4.21. The van der Waals surface area contributed by atoms with Crippen LogP contribution in [0.1, 0.15) is 22.8 Å². The summed E-state index contributed by atoms with van der Waals surface area (Å²) in [5.74, 6) is 2.41. The van der Waals surface area contributed by atoms with Crippen LogP contribution in [-0.2, 0) is 6.54 Å². The number of urea groups is 1. The fourth-order valence-corrected chi connectivity index (χ4v) is 2.57. The van der Waals surface area contributed by atoms with Gasteiger partial charge in [-0.05, 0) is 51.0 Å². The van der Waals surface area contributed by atoms with Gasteiger partial charge in [-0.3, -0.25) is 0 Å². The molecule has 0 aliphatic heterocycles. The van der Waals surface area contributed by atoms with Gasteiger partial charge in [-0.1, -0.05) is 0 Å². The van der Waals surface area contributed by atoms with Crippen molar-refractivity contribution >= 4 is 11.7 Å². The van der Waals surface area contributed by atoms with Gasteiger partial charge in [0.15, 0.2) is 0 Å². The van der Waals surface area contributed by atoms with Gasteiger partial charge in [0.2, 0.25) is 0 Å². The summed E-state index contributed by atoms with van der Waals surface area (Å²) in [6.07, 6.45) is 0. The number of nitrogens with zero attached hydrogens (tertiary/aromatic N) is 3. The molecule has 124 valence electrons. The summed E-state index contributed by atoms with van der Waals surface area (Å²) in [5, 5.41) is 9.90. The Morgan fingerprint density at radius 2 is 1.87 bits per heavy atom. The number of hydrogen-bond acceptors (Lipinski definition) is 4. The molecule has 2 amide bonds. The summed E-state index contributed by atoms with van der Waals surface area (Å²) < 4.78 is 7.09. The standard InChI is InChI=1S/C16H23N5O2/c1-10-8-14(9-11(2)15(10)23-5)19-16(22)17-6-7-21-13(4)18-12(3)20-21/h8-9H,6-7H2,1-5H3,(H2,17,19,22). The quantitative estimate of drug-likeness (QED) is 0.887. The van der Waals surface area contributed by atoms with Crippen LogP contribution in [0.25, 0.3) is 0 Å². The van der Waals surface area contributed by atoms with Crippen molar-refractivity contribution < 1.29 is 9.53 Å². The molecule has 0 fully saturated rings. The van der Waals surface area contributed by atoms with Crippen LogP contribution in [0.15, 0.2) is 12.1 Å². The van der Waals surface area contributed by atoms with Crippen molar-refractivity contribution in [1.82, 2.24) is 20.1 Å². The normalized spacial score (nSPS) is 10.5. The number of benzene rings is 1. The number of ether oxygens (including phenoxy) is 1. The van der Waals surface area contributed by atoms with Crippen LogP contribution in [0, 0.1) is 27.7 Å². The monoisotopic (exact) mass is 317 g/mol. The van der Waals surface area contributed by atoms with Gasteiger partial charge in [0.25, 0.3) is 0 Å². The molecule has 23 heavy (non-hydrogen) atoms. The summed E-state index contributed by atoms with van der Waals surface area (Å²) in [6, 6.07) is 3.52. The van der Waals surface area contributed by atoms with Crippen molar-refractivity contribution in [1.29, 1.82) is 0 Å². The molecule has 7 heteroatoms. The fraction of sp³-hybridized carbons (Fsp3) is 0.438. The van der Waals surface area contributed by atoms with Crippen LogP contribution in [0.2, 0.25) is 0 Å². The highest BCUT2D eigenvalue weighted by Gasteiger charge is 2.08. The Labute approximate surface area is 136 Å². The lowest BCUT2D eigenvalue weighted by Gasteiger charge is -2.13. The van der Waals surface area contributed by atoms with Gasteiger partial charge in [-0.25, -0.2) is 14.5 Å². The minimum absolute atomic E-state index is 0.247. The molecule has 0 aliphatic rings. The van der Waals surface area contributed by atoms with Gasteiger partial charge in [0.1, 0.15) is 17.4 Å². The Hall–Kier alpha value is -2.57. The Balaban J connectivity index is 1.89. The highest BCUT2D eigenvalue weighted by Crippen LogP contribution is 2.26. The molecule has 1 aromatic heterocycles. The fourth-order valence-electron chi connectivity index (χ4n) is 2.57. The van der Waals surface area contributed by atoms with Gasteiger partial charge in [-0.2, -0.15) is 5.10 Å². The van der Waals surface area contributed by atoms with Crippen molar-refractivity contribution in [2.24, 2.45) is 0 Å². The average molecular weight is 317 g/mol. The van der Waals surface area contributed by atoms with E-state index in [0.29, 0.717) is 13.1 Å². The summed E-state index contributed by atoms with van der Waals surface area (Å²) in [4.78, 5) is 16.2. The van der Waals surface area contributed by atoms with Crippen molar-refractivity contribution in [3.8, 4) is 5.75 Å². The first-order valence-corrected chi connectivity index (χ1v) is 7.49. The molecule has 2 rings (SSSR count). The third-order valence-corrected chi connectivity index (χ3v) is 3.49. The second-order valence-corrected chi connectivity index (χ2v) is 5.45. The van der Waals surface area contributed by atoms with Crippen LogP contribution in [0.3, 0.4) is 0 Å². The van der Waals surface area contributed by atoms with Crippen LogP contribution in [0.5, 0.6) is 5.75 Å². The molecule has 0 bridgehead atoms. The molecule has 0 aliphatic carbocycles. The second-order valence-electron chi connectivity index (χ2n) is 5.45. The molecule has 0 saturated carbocycles. The van der Waals surface area contributed by atoms with Gasteiger partial charge >= 0.3 is 6.03 Å². The third-order valence-electron chi connectivity index (χ3n) is 3.49. The second kappa shape index (κ2) is 7.13. The molecule has 0 unspecified atom stereocenters. The van der Waals surface area contributed by atoms with E-state index < -0.39 is 0 Å². The lowest BCUT2D eigenvalue weighted by Crippen LogP contribution is -2.32. The zero-order chi connectivity index (χ0) is 17.0. The predicted octanol–water partition coefficient (Wildman–Crippen LogP) is 2.34. The van der Waals surface area contributed by atoms with Crippen molar-refractivity contribution in [2.45, 2.75) is 34.2 Å². The average Bonchev–Trinajstić information content (AvgIpc) is 2.76. The van der Waals surface area contributed by atoms with Crippen molar-refractivity contribution in [2.75, 3.05) is 19.0 Å². The number of hydrogen-bond donors (Lipinski definition) is 2. The zero-order valence-corrected chi connectivity index (χ0v) is 14.2. The Morgan fingerprint density at radius 1 is 1.22 bits per heavy atom. The van der Waals surface area contributed by atoms with Crippen LogP contribution in [0.4, 0.5) is 10.5 Å². The molecule has 2 aromatic rings. The minimum Gasteiger partial charge on any atom is -0.496 e. The number of nitrogens with one attached hydrogen (secondary N) is 2. The van der Waals surface area contributed by atoms with E-state index in [1.165, 1.54) is 0 Å². The van der Waals surface area contributed by atoms with E-state index in [4.69, 9.17) is 4.74 Å². The molecule has 7 nitrogen and oxygen atoms in total. The van der Waals surface area contributed by atoms with E-state index in [9.17, 15) is 4.79 Å². The highest BCUT2D eigenvalue weighted by molar-refractivity contribution is 5.89. The maximum absolute atomic E-state index is 12.0. The van der Waals surface area contributed by atoms with Gasteiger partial charge in [0, 0.05) is 12.2 Å². The van der Waals surface area contributed by atoms with Crippen molar-refractivity contribution in [3.63, 3.8) is 0 Å². The zero-order valence-electron chi connectivity index (χ0n) is 14.2. The summed E-state index contributed by atoms with van der Waals surface area (Å²) in [5.41, 5.74) is 2.71. The number of aromatic nitrogens is 3. The molecule has 0 radical (unpaired) electrons. The molecular weight excluding hydrogens is 294 g/mol. The molecule has 0 spiro atoms. The smallest absolute Gasteiger partial charge is 0.319 e. The van der Waals surface area contributed by atoms with Gasteiger partial charge < -0.3 is 15.4 Å². The Bertz CT molecular complexity index is 685. The van der Waals surface area contributed by atoms with Gasteiger partial charge in [0.05, 0.1) is 13.7 Å². The molecule has 1 aromatic carbocycles. The Kier molecular flexibility index (Phi) is 5.20. The summed E-state index contributed by atoms with van der Waals surface area (Å²) in [7, 11) is 1.64. The molecule has 2 N–H and O–H groups in total. The maximum Gasteiger partial charge on any atom is 0.319 e. The number of carbonyl (C=O) groups is 1. The van der Waals surface area contributed by atoms with E-state index in [1.54, 1.807) is 11.8 Å². The first-order valence-electron chi connectivity index (χ1n) is 7.49. The van der Waals surface area contributed by atoms with E-state index >= 15 is 0 Å². The summed E-state index contributed by atoms with van der Waals surface area (Å²) >= 11 is 0. The van der Waals surface area contributed by atoms with Crippen molar-refractivity contribution in [3.05, 3.63) is 34.9 Å². The van der Waals surface area contributed by atoms with Crippen LogP contribution in [-0.4, -0.2) is 34.5 Å². The molecule has 0 saturated heterocycles. The number of rotatable bonds is 5. The lowest BCUT2D eigenvalue weighted by molar-refractivity contribution is 0.251. The SMILES string of the molecule is COc1c(C)cc(NC(=O)NCCn2nc(C)nc2C)cc1C. The topological polar surface area (TPSA) is 81.1 Å².